The zero-order valence-electron chi connectivity index (χ0n) is 12.9. The normalized spacial score (nSPS) is 16.1. The average molecular weight is 305 g/mol. The minimum Gasteiger partial charge on any atom is -0.492 e. The van der Waals surface area contributed by atoms with Crippen molar-refractivity contribution < 1.29 is 9.15 Å². The lowest BCUT2D eigenvalue weighted by molar-refractivity contribution is 0.293. The number of aromatic amines is 1. The Labute approximate surface area is 131 Å². The molecule has 2 aromatic heterocycles. The molecule has 0 saturated heterocycles. The Kier molecular flexibility index (Phi) is 2.20. The molecule has 0 radical (unpaired) electrons. The van der Waals surface area contributed by atoms with Crippen LogP contribution in [0.2, 0.25) is 0 Å². The molecule has 3 heterocycles. The Morgan fingerprint density at radius 1 is 1.09 bits per heavy atom. The third kappa shape index (κ3) is 1.53. The summed E-state index contributed by atoms with van der Waals surface area (Å²) in [6.07, 6.45) is 0. The second-order valence-electron chi connectivity index (χ2n) is 6.80. The Bertz CT molecular complexity index is 1160. The number of hydrogen-bond donors (Lipinski definition) is 1. The molecule has 114 valence electrons. The van der Waals surface area contributed by atoms with E-state index in [2.05, 4.69) is 24.9 Å². The summed E-state index contributed by atoms with van der Waals surface area (Å²) in [7, 11) is 0. The van der Waals surface area contributed by atoms with E-state index in [0.717, 1.165) is 27.4 Å². The van der Waals surface area contributed by atoms with Crippen LogP contribution in [-0.4, -0.2) is 11.6 Å². The largest absolute Gasteiger partial charge is 0.492 e. The Balaban J connectivity index is 2.10. The summed E-state index contributed by atoms with van der Waals surface area (Å²) in [5.74, 6) is 0.884. The van der Waals surface area contributed by atoms with Gasteiger partial charge in [0.05, 0.1) is 17.5 Å². The third-order valence-corrected chi connectivity index (χ3v) is 4.79. The van der Waals surface area contributed by atoms with E-state index in [-0.39, 0.29) is 11.0 Å². The first kappa shape index (κ1) is 12.8. The highest BCUT2D eigenvalue weighted by Crippen LogP contribution is 2.46. The molecule has 0 fully saturated rings. The molecule has 0 aliphatic carbocycles. The molecule has 0 saturated carbocycles. The van der Waals surface area contributed by atoms with Gasteiger partial charge in [0.25, 0.3) is 0 Å². The number of hydrogen-bond acceptors (Lipinski definition) is 3. The first-order chi connectivity index (χ1) is 11.1. The topological polar surface area (TPSA) is 55.2 Å². The van der Waals surface area contributed by atoms with Gasteiger partial charge in [-0.15, -0.1) is 0 Å². The van der Waals surface area contributed by atoms with E-state index in [4.69, 9.17) is 9.15 Å². The van der Waals surface area contributed by atoms with Crippen molar-refractivity contribution >= 4 is 32.8 Å². The van der Waals surface area contributed by atoms with Gasteiger partial charge in [0.15, 0.2) is 0 Å². The predicted molar refractivity (Wildman–Crippen MR) is 90.4 cm³/mol. The van der Waals surface area contributed by atoms with Gasteiger partial charge in [0.2, 0.25) is 0 Å². The van der Waals surface area contributed by atoms with Crippen molar-refractivity contribution in [2.75, 3.05) is 6.61 Å². The minimum atomic E-state index is -0.346. The SMILES string of the molecule is CC1(C)COc2c1ccc1[nH]c3c(=O)oc4ccccc4c3c21. The third-order valence-electron chi connectivity index (χ3n) is 4.79. The fraction of sp³-hybridized carbons (Fsp3) is 0.211. The zero-order chi connectivity index (χ0) is 15.8. The van der Waals surface area contributed by atoms with Crippen LogP contribution in [0.3, 0.4) is 0 Å². The summed E-state index contributed by atoms with van der Waals surface area (Å²) < 4.78 is 11.5. The fourth-order valence-corrected chi connectivity index (χ4v) is 3.61. The van der Waals surface area contributed by atoms with Gasteiger partial charge in [-0.05, 0) is 12.1 Å². The highest BCUT2D eigenvalue weighted by Gasteiger charge is 2.34. The van der Waals surface area contributed by atoms with Gasteiger partial charge in [-0.2, -0.15) is 0 Å². The van der Waals surface area contributed by atoms with Gasteiger partial charge in [-0.3, -0.25) is 0 Å². The van der Waals surface area contributed by atoms with Crippen molar-refractivity contribution in [1.29, 1.82) is 0 Å². The van der Waals surface area contributed by atoms with Gasteiger partial charge in [0, 0.05) is 21.8 Å². The first-order valence-corrected chi connectivity index (χ1v) is 7.70. The van der Waals surface area contributed by atoms with Crippen LogP contribution in [0, 0.1) is 0 Å². The Hall–Kier alpha value is -2.75. The molecular weight excluding hydrogens is 290 g/mol. The van der Waals surface area contributed by atoms with Crippen LogP contribution >= 0.6 is 0 Å². The molecule has 1 aliphatic rings. The van der Waals surface area contributed by atoms with Gasteiger partial charge in [0.1, 0.15) is 16.8 Å². The van der Waals surface area contributed by atoms with Crippen LogP contribution in [0.5, 0.6) is 5.75 Å². The molecule has 4 nitrogen and oxygen atoms in total. The van der Waals surface area contributed by atoms with Crippen molar-refractivity contribution in [2.24, 2.45) is 0 Å². The van der Waals surface area contributed by atoms with Crippen LogP contribution < -0.4 is 10.4 Å². The lowest BCUT2D eigenvalue weighted by atomic mass is 9.86. The number of benzene rings is 2. The molecule has 0 bridgehead atoms. The maximum atomic E-state index is 12.4. The molecular formula is C19H15NO3. The molecule has 0 atom stereocenters. The molecule has 1 aliphatic heterocycles. The highest BCUT2D eigenvalue weighted by atomic mass is 16.5. The number of rotatable bonds is 0. The van der Waals surface area contributed by atoms with Crippen molar-refractivity contribution in [3.05, 3.63) is 52.4 Å². The fourth-order valence-electron chi connectivity index (χ4n) is 3.61. The van der Waals surface area contributed by atoms with Gasteiger partial charge < -0.3 is 14.1 Å². The number of nitrogens with one attached hydrogen (secondary N) is 1. The number of H-pyrrole nitrogens is 1. The second kappa shape index (κ2) is 3.96. The summed E-state index contributed by atoms with van der Waals surface area (Å²) >= 11 is 0. The quantitative estimate of drug-likeness (QED) is 0.498. The predicted octanol–water partition coefficient (Wildman–Crippen LogP) is 4.10. The number of para-hydroxylation sites is 1. The molecule has 5 rings (SSSR count). The number of ether oxygens (including phenoxy) is 1. The van der Waals surface area contributed by atoms with Crippen LogP contribution in [0.15, 0.2) is 45.6 Å². The zero-order valence-corrected chi connectivity index (χ0v) is 12.9. The molecule has 1 N–H and O–H groups in total. The van der Waals surface area contributed by atoms with Crippen molar-refractivity contribution in [2.45, 2.75) is 19.3 Å². The van der Waals surface area contributed by atoms with Crippen LogP contribution in [0.4, 0.5) is 0 Å². The van der Waals surface area contributed by atoms with E-state index in [1.165, 1.54) is 5.56 Å². The number of fused-ring (bicyclic) bond motifs is 7. The van der Waals surface area contributed by atoms with Crippen molar-refractivity contribution in [1.82, 2.24) is 4.98 Å². The average Bonchev–Trinajstić information content (AvgIpc) is 3.06. The molecule has 23 heavy (non-hydrogen) atoms. The van der Waals surface area contributed by atoms with Crippen molar-refractivity contribution in [3.63, 3.8) is 0 Å². The summed E-state index contributed by atoms with van der Waals surface area (Å²) in [5, 5.41) is 2.80. The van der Waals surface area contributed by atoms with Crippen molar-refractivity contribution in [3.8, 4) is 5.75 Å². The first-order valence-electron chi connectivity index (χ1n) is 7.70. The summed E-state index contributed by atoms with van der Waals surface area (Å²) in [5.41, 5.74) is 2.81. The van der Waals surface area contributed by atoms with E-state index in [0.29, 0.717) is 17.7 Å². The van der Waals surface area contributed by atoms with E-state index >= 15 is 0 Å². The molecule has 0 spiro atoms. The monoisotopic (exact) mass is 305 g/mol. The lowest BCUT2D eigenvalue weighted by Gasteiger charge is -2.14. The second-order valence-corrected chi connectivity index (χ2v) is 6.80. The van der Waals surface area contributed by atoms with E-state index in [1.807, 2.05) is 30.3 Å². The van der Waals surface area contributed by atoms with E-state index in [9.17, 15) is 4.79 Å². The molecule has 4 aromatic rings. The van der Waals surface area contributed by atoms with Crippen LogP contribution in [0.1, 0.15) is 19.4 Å². The molecule has 0 unspecified atom stereocenters. The van der Waals surface area contributed by atoms with E-state index in [1.54, 1.807) is 0 Å². The molecule has 2 aromatic carbocycles. The standard InChI is InChI=1S/C19H15NO3/c1-19(2)9-22-17-11(19)7-8-12-15(17)14-10-5-3-4-6-13(10)23-18(21)16(14)20-12/h3-8,20H,9H2,1-2H3. The Morgan fingerprint density at radius 3 is 2.78 bits per heavy atom. The summed E-state index contributed by atoms with van der Waals surface area (Å²) in [4.78, 5) is 15.6. The maximum Gasteiger partial charge on any atom is 0.360 e. The Morgan fingerprint density at radius 2 is 1.91 bits per heavy atom. The van der Waals surface area contributed by atoms with Gasteiger partial charge in [-0.1, -0.05) is 38.1 Å². The van der Waals surface area contributed by atoms with Gasteiger partial charge in [-0.25, -0.2) is 4.79 Å². The number of aromatic nitrogens is 1. The maximum absolute atomic E-state index is 12.4. The molecule has 4 heteroatoms. The smallest absolute Gasteiger partial charge is 0.360 e. The van der Waals surface area contributed by atoms with E-state index < -0.39 is 0 Å². The highest BCUT2D eigenvalue weighted by molar-refractivity contribution is 6.20. The van der Waals surface area contributed by atoms with Crippen LogP contribution in [-0.2, 0) is 5.41 Å². The molecule has 0 amide bonds. The minimum absolute atomic E-state index is 0.0254. The van der Waals surface area contributed by atoms with Gasteiger partial charge >= 0.3 is 5.63 Å². The summed E-state index contributed by atoms with van der Waals surface area (Å²) in [6.45, 7) is 4.99. The summed E-state index contributed by atoms with van der Waals surface area (Å²) in [6, 6.07) is 11.7. The van der Waals surface area contributed by atoms with Crippen LogP contribution in [0.25, 0.3) is 32.8 Å². The lowest BCUT2D eigenvalue weighted by Crippen LogP contribution is -2.18.